The second-order valence-electron chi connectivity index (χ2n) is 9.40. The Bertz CT molecular complexity index is 1200. The van der Waals surface area contributed by atoms with Crippen molar-refractivity contribution in [3.8, 4) is 11.5 Å². The molecular weight excluding hydrogens is 426 g/mol. The molecule has 0 bridgehead atoms. The monoisotopic (exact) mass is 459 g/mol. The number of hydrogen-bond acceptors (Lipinski definition) is 5. The topological polar surface area (TPSA) is 54.9 Å². The Hall–Kier alpha value is -3.28. The predicted molar refractivity (Wildman–Crippen MR) is 135 cm³/mol. The largest absolute Gasteiger partial charge is 0.493 e. The summed E-state index contributed by atoms with van der Waals surface area (Å²) in [6, 6.07) is 14.4. The van der Waals surface area contributed by atoms with Gasteiger partial charge in [0.25, 0.3) is 5.91 Å². The van der Waals surface area contributed by atoms with Gasteiger partial charge in [-0.05, 0) is 54.7 Å². The molecule has 0 N–H and O–H groups in total. The van der Waals surface area contributed by atoms with Crippen LogP contribution < -0.4 is 14.4 Å². The minimum absolute atomic E-state index is 0.0931. The molecule has 0 atom stereocenters. The van der Waals surface area contributed by atoms with Crippen molar-refractivity contribution in [1.29, 1.82) is 0 Å². The van der Waals surface area contributed by atoms with Gasteiger partial charge < -0.3 is 19.3 Å². The minimum Gasteiger partial charge on any atom is -0.493 e. The van der Waals surface area contributed by atoms with Gasteiger partial charge in [0, 0.05) is 31.6 Å². The van der Waals surface area contributed by atoms with Crippen molar-refractivity contribution < 1.29 is 14.3 Å². The van der Waals surface area contributed by atoms with Gasteiger partial charge in [-0.2, -0.15) is 0 Å². The Morgan fingerprint density at radius 1 is 1.00 bits per heavy atom. The highest BCUT2D eigenvalue weighted by molar-refractivity contribution is 6.07. The first-order chi connectivity index (χ1) is 16.6. The van der Waals surface area contributed by atoms with Crippen molar-refractivity contribution in [2.24, 2.45) is 0 Å². The number of rotatable bonds is 5. The summed E-state index contributed by atoms with van der Waals surface area (Å²) in [6.45, 7) is 1.55. The van der Waals surface area contributed by atoms with E-state index in [1.54, 1.807) is 14.2 Å². The summed E-state index contributed by atoms with van der Waals surface area (Å²) >= 11 is 0. The van der Waals surface area contributed by atoms with E-state index in [1.807, 2.05) is 42.3 Å². The van der Waals surface area contributed by atoms with Crippen LogP contribution in [0.1, 0.15) is 53.6 Å². The van der Waals surface area contributed by atoms with Crippen molar-refractivity contribution in [3.63, 3.8) is 0 Å². The summed E-state index contributed by atoms with van der Waals surface area (Å²) in [6.07, 6.45) is 6.74. The van der Waals surface area contributed by atoms with Crippen molar-refractivity contribution in [2.45, 2.75) is 51.1 Å². The van der Waals surface area contributed by atoms with Gasteiger partial charge in [0.15, 0.2) is 11.5 Å². The quantitative estimate of drug-likeness (QED) is 0.524. The van der Waals surface area contributed by atoms with Gasteiger partial charge >= 0.3 is 0 Å². The number of amides is 1. The maximum atomic E-state index is 13.7. The SMILES string of the molecule is COc1cc2c(cc1OC)CN(c1cc(C(=O)N(C)C3CCCCC3)c3ccccc3n1)CC2. The van der Waals surface area contributed by atoms with Crippen LogP contribution in [0, 0.1) is 0 Å². The summed E-state index contributed by atoms with van der Waals surface area (Å²) < 4.78 is 11.0. The molecule has 1 amide bonds. The molecule has 6 heteroatoms. The van der Waals surface area contributed by atoms with E-state index < -0.39 is 0 Å². The van der Waals surface area contributed by atoms with Gasteiger partial charge in [-0.15, -0.1) is 0 Å². The highest BCUT2D eigenvalue weighted by atomic mass is 16.5. The molecule has 3 aromatic rings. The van der Waals surface area contributed by atoms with Crippen molar-refractivity contribution in [2.75, 3.05) is 32.7 Å². The van der Waals surface area contributed by atoms with Gasteiger partial charge in [0.2, 0.25) is 0 Å². The number of carbonyl (C=O) groups excluding carboxylic acids is 1. The summed E-state index contributed by atoms with van der Waals surface area (Å²) in [5.74, 6) is 2.44. The third-order valence-electron chi connectivity index (χ3n) is 7.42. The molecule has 1 aliphatic carbocycles. The second kappa shape index (κ2) is 9.53. The molecule has 2 aliphatic rings. The number of pyridine rings is 1. The van der Waals surface area contributed by atoms with Crippen LogP contribution in [0.4, 0.5) is 5.82 Å². The highest BCUT2D eigenvalue weighted by Gasteiger charge is 2.26. The zero-order chi connectivity index (χ0) is 23.7. The number of anilines is 1. The molecule has 1 aliphatic heterocycles. The lowest BCUT2D eigenvalue weighted by Crippen LogP contribution is -2.38. The number of para-hydroxylation sites is 1. The van der Waals surface area contributed by atoms with Crippen molar-refractivity contribution >= 4 is 22.6 Å². The fraction of sp³-hybridized carbons (Fsp3) is 0.429. The molecule has 1 saturated carbocycles. The summed E-state index contributed by atoms with van der Waals surface area (Å²) in [5, 5.41) is 0.919. The van der Waals surface area contributed by atoms with Gasteiger partial charge in [-0.1, -0.05) is 37.5 Å². The van der Waals surface area contributed by atoms with Gasteiger partial charge in [0.05, 0.1) is 25.3 Å². The number of ether oxygens (including phenoxy) is 2. The Labute approximate surface area is 201 Å². The number of aromatic nitrogens is 1. The molecule has 178 valence electrons. The van der Waals surface area contributed by atoms with Gasteiger partial charge in [-0.25, -0.2) is 4.98 Å². The molecular formula is C28H33N3O3. The minimum atomic E-state index is 0.0931. The first-order valence-electron chi connectivity index (χ1n) is 12.2. The Kier molecular flexibility index (Phi) is 6.31. The van der Waals surface area contributed by atoms with E-state index in [0.29, 0.717) is 12.6 Å². The number of hydrogen-bond donors (Lipinski definition) is 0. The number of fused-ring (bicyclic) bond motifs is 2. The molecule has 2 aromatic carbocycles. The summed E-state index contributed by atoms with van der Waals surface area (Å²) in [4.78, 5) is 22.9. The Morgan fingerprint density at radius 2 is 1.71 bits per heavy atom. The van der Waals surface area contributed by atoms with Gasteiger partial charge in [0.1, 0.15) is 5.82 Å². The first-order valence-corrected chi connectivity index (χ1v) is 12.2. The van der Waals surface area contributed by atoms with E-state index in [4.69, 9.17) is 14.5 Å². The zero-order valence-electron chi connectivity index (χ0n) is 20.3. The van der Waals surface area contributed by atoms with Crippen molar-refractivity contribution in [3.05, 3.63) is 59.2 Å². The molecule has 0 radical (unpaired) electrons. The summed E-state index contributed by atoms with van der Waals surface area (Å²) in [5.41, 5.74) is 4.07. The number of nitrogens with zero attached hydrogens (tertiary/aromatic N) is 3. The van der Waals surface area contributed by atoms with Crippen LogP contribution in [-0.2, 0) is 13.0 Å². The Balaban J connectivity index is 1.49. The smallest absolute Gasteiger partial charge is 0.254 e. The highest BCUT2D eigenvalue weighted by Crippen LogP contribution is 2.35. The second-order valence-corrected chi connectivity index (χ2v) is 9.40. The van der Waals surface area contributed by atoms with E-state index in [-0.39, 0.29) is 5.91 Å². The zero-order valence-corrected chi connectivity index (χ0v) is 20.3. The number of benzene rings is 2. The third-order valence-corrected chi connectivity index (χ3v) is 7.42. The molecule has 34 heavy (non-hydrogen) atoms. The molecule has 1 aromatic heterocycles. The van der Waals surface area contributed by atoms with E-state index in [0.717, 1.165) is 59.6 Å². The van der Waals surface area contributed by atoms with Crippen LogP contribution in [0.5, 0.6) is 11.5 Å². The lowest BCUT2D eigenvalue weighted by Gasteiger charge is -2.33. The third kappa shape index (κ3) is 4.17. The van der Waals surface area contributed by atoms with Crippen LogP contribution in [0.15, 0.2) is 42.5 Å². The molecule has 1 fully saturated rings. The van der Waals surface area contributed by atoms with E-state index in [2.05, 4.69) is 17.0 Å². The van der Waals surface area contributed by atoms with Crippen LogP contribution in [0.3, 0.4) is 0 Å². The first kappa shape index (κ1) is 22.5. The Morgan fingerprint density at radius 3 is 2.44 bits per heavy atom. The molecule has 0 saturated heterocycles. The molecule has 2 heterocycles. The van der Waals surface area contributed by atoms with Crippen molar-refractivity contribution in [1.82, 2.24) is 9.88 Å². The van der Waals surface area contributed by atoms with Crippen LogP contribution in [-0.4, -0.2) is 49.6 Å². The van der Waals surface area contributed by atoms with Crippen LogP contribution >= 0.6 is 0 Å². The average molecular weight is 460 g/mol. The van der Waals surface area contributed by atoms with Gasteiger partial charge in [-0.3, -0.25) is 4.79 Å². The molecule has 6 nitrogen and oxygen atoms in total. The van der Waals surface area contributed by atoms with E-state index in [1.165, 1.54) is 30.4 Å². The van der Waals surface area contributed by atoms with Crippen LogP contribution in [0.25, 0.3) is 10.9 Å². The fourth-order valence-corrected chi connectivity index (χ4v) is 5.40. The number of methoxy groups -OCH3 is 2. The van der Waals surface area contributed by atoms with E-state index in [9.17, 15) is 4.79 Å². The molecule has 5 rings (SSSR count). The maximum Gasteiger partial charge on any atom is 0.254 e. The van der Waals surface area contributed by atoms with Crippen LogP contribution in [0.2, 0.25) is 0 Å². The molecule has 0 spiro atoms. The average Bonchev–Trinajstić information content (AvgIpc) is 2.90. The maximum absolute atomic E-state index is 13.7. The number of carbonyl (C=O) groups is 1. The lowest BCUT2D eigenvalue weighted by molar-refractivity contribution is 0.0698. The standard InChI is InChI=1S/C28H33N3O3/c1-30(21-9-5-4-6-10-21)28(32)23-17-27(29-24-12-8-7-11-22(23)24)31-14-13-19-15-25(33-2)26(34-3)16-20(19)18-31/h7-8,11-12,15-17,21H,4-6,9-10,13-14,18H2,1-3H3. The molecule has 0 unspecified atom stereocenters. The fourth-order valence-electron chi connectivity index (χ4n) is 5.40. The lowest BCUT2D eigenvalue weighted by atomic mass is 9.94. The normalized spacial score (nSPS) is 16.3. The predicted octanol–water partition coefficient (Wildman–Crippen LogP) is 5.22. The van der Waals surface area contributed by atoms with E-state index >= 15 is 0 Å². The summed E-state index contributed by atoms with van der Waals surface area (Å²) in [7, 11) is 5.29.